The van der Waals surface area contributed by atoms with Crippen LogP contribution in [-0.2, 0) is 11.2 Å². The van der Waals surface area contributed by atoms with Crippen molar-refractivity contribution in [2.45, 2.75) is 32.6 Å². The number of aromatic hydroxyl groups is 2. The minimum Gasteiger partial charge on any atom is -0.506 e. The Bertz CT molecular complexity index is 486. The summed E-state index contributed by atoms with van der Waals surface area (Å²) in [4.78, 5) is 11.8. The van der Waals surface area contributed by atoms with Crippen molar-refractivity contribution in [3.05, 3.63) is 20.1 Å². The Balaban J connectivity index is 3.35. The molecule has 106 valence electrons. The fraction of sp³-hybridized carbons (Fsp3) is 0.462. The van der Waals surface area contributed by atoms with Crippen molar-refractivity contribution in [2.24, 2.45) is 0 Å². The number of hydrogen-bond acceptors (Lipinski definition) is 4. The second-order valence-corrected chi connectivity index (χ2v) is 5.71. The molecule has 0 aliphatic rings. The Kier molecular flexibility index (Phi) is 6.13. The molecule has 0 atom stereocenters. The van der Waals surface area contributed by atoms with Gasteiger partial charge >= 0.3 is 5.97 Å². The molecule has 0 fully saturated rings. The van der Waals surface area contributed by atoms with Crippen LogP contribution in [-0.4, -0.2) is 23.3 Å². The number of esters is 1. The summed E-state index contributed by atoms with van der Waals surface area (Å²) >= 11 is 6.32. The third-order valence-corrected chi connectivity index (χ3v) is 4.45. The molecule has 1 aromatic rings. The zero-order chi connectivity index (χ0) is 14.6. The Morgan fingerprint density at radius 3 is 2.32 bits per heavy atom. The lowest BCUT2D eigenvalue weighted by atomic mass is 10.00. The van der Waals surface area contributed by atoms with Gasteiger partial charge in [0.1, 0.15) is 21.5 Å². The van der Waals surface area contributed by atoms with Crippen LogP contribution in [0, 0.1) is 0 Å². The van der Waals surface area contributed by atoms with Gasteiger partial charge in [-0.25, -0.2) is 4.79 Å². The van der Waals surface area contributed by atoms with Crippen LogP contribution >= 0.6 is 31.9 Å². The molecule has 0 aromatic heterocycles. The van der Waals surface area contributed by atoms with Gasteiger partial charge < -0.3 is 14.9 Å². The molecule has 4 nitrogen and oxygen atoms in total. The van der Waals surface area contributed by atoms with Crippen LogP contribution in [0.1, 0.15) is 42.1 Å². The van der Waals surface area contributed by atoms with E-state index in [4.69, 9.17) is 4.74 Å². The number of methoxy groups -OCH3 is 1. The van der Waals surface area contributed by atoms with Crippen LogP contribution < -0.4 is 0 Å². The van der Waals surface area contributed by atoms with Gasteiger partial charge in [-0.15, -0.1) is 0 Å². The highest BCUT2D eigenvalue weighted by molar-refractivity contribution is 9.11. The van der Waals surface area contributed by atoms with Gasteiger partial charge in [0.15, 0.2) is 0 Å². The molecule has 2 N–H and O–H groups in total. The molecule has 0 aliphatic carbocycles. The Morgan fingerprint density at radius 2 is 1.79 bits per heavy atom. The first-order chi connectivity index (χ1) is 8.95. The summed E-state index contributed by atoms with van der Waals surface area (Å²) in [5, 5.41) is 19.9. The Hall–Kier alpha value is -0.750. The van der Waals surface area contributed by atoms with Crippen molar-refractivity contribution in [3.8, 4) is 11.5 Å². The molecule has 0 radical (unpaired) electrons. The molecular formula is C13H16Br2O4. The number of unbranched alkanes of at least 4 members (excludes halogenated alkanes) is 2. The fourth-order valence-corrected chi connectivity index (χ4v) is 3.08. The molecule has 0 aliphatic heterocycles. The highest BCUT2D eigenvalue weighted by Gasteiger charge is 2.25. The van der Waals surface area contributed by atoms with E-state index in [0.29, 0.717) is 16.5 Å². The normalized spacial score (nSPS) is 10.5. The van der Waals surface area contributed by atoms with Crippen molar-refractivity contribution in [1.82, 2.24) is 0 Å². The molecule has 19 heavy (non-hydrogen) atoms. The average molecular weight is 396 g/mol. The molecule has 6 heteroatoms. The molecular weight excluding hydrogens is 380 g/mol. The summed E-state index contributed by atoms with van der Waals surface area (Å²) in [6.07, 6.45) is 3.48. The SMILES string of the molecule is CCCCCc1c(Br)c(O)c(Br)c(O)c1C(=O)OC. The van der Waals surface area contributed by atoms with Crippen LogP contribution in [0.3, 0.4) is 0 Å². The van der Waals surface area contributed by atoms with Gasteiger partial charge in [0, 0.05) is 0 Å². The zero-order valence-corrected chi connectivity index (χ0v) is 14.0. The monoisotopic (exact) mass is 394 g/mol. The molecule has 0 saturated heterocycles. The van der Waals surface area contributed by atoms with E-state index in [0.717, 1.165) is 19.3 Å². The van der Waals surface area contributed by atoms with Crippen molar-refractivity contribution < 1.29 is 19.7 Å². The molecule has 0 heterocycles. The smallest absolute Gasteiger partial charge is 0.342 e. The van der Waals surface area contributed by atoms with E-state index in [9.17, 15) is 15.0 Å². The van der Waals surface area contributed by atoms with E-state index in [1.165, 1.54) is 7.11 Å². The van der Waals surface area contributed by atoms with Crippen LogP contribution in [0.25, 0.3) is 0 Å². The minimum atomic E-state index is -0.620. The van der Waals surface area contributed by atoms with Gasteiger partial charge in [-0.3, -0.25) is 0 Å². The maximum atomic E-state index is 11.8. The van der Waals surface area contributed by atoms with Gasteiger partial charge in [-0.2, -0.15) is 0 Å². The van der Waals surface area contributed by atoms with Crippen LogP contribution in [0.2, 0.25) is 0 Å². The van der Waals surface area contributed by atoms with E-state index in [1.54, 1.807) is 0 Å². The molecule has 1 aromatic carbocycles. The van der Waals surface area contributed by atoms with E-state index < -0.39 is 5.97 Å². The summed E-state index contributed by atoms with van der Waals surface area (Å²) in [6.45, 7) is 2.08. The number of hydrogen-bond donors (Lipinski definition) is 2. The maximum Gasteiger partial charge on any atom is 0.342 e. The van der Waals surface area contributed by atoms with E-state index >= 15 is 0 Å². The summed E-state index contributed by atoms with van der Waals surface area (Å²) in [6, 6.07) is 0. The Labute approximate surface area is 129 Å². The van der Waals surface area contributed by atoms with Gasteiger partial charge in [-0.05, 0) is 50.3 Å². The highest BCUT2D eigenvalue weighted by atomic mass is 79.9. The molecule has 0 unspecified atom stereocenters. The summed E-state index contributed by atoms with van der Waals surface area (Å²) in [5.74, 6) is -1.03. The molecule has 0 amide bonds. The minimum absolute atomic E-state index is 0.0824. The number of phenols is 2. The third-order valence-electron chi connectivity index (χ3n) is 2.85. The average Bonchev–Trinajstić information content (AvgIpc) is 2.41. The molecule has 0 spiro atoms. The van der Waals surface area contributed by atoms with E-state index in [-0.39, 0.29) is 21.5 Å². The van der Waals surface area contributed by atoms with E-state index in [1.807, 2.05) is 0 Å². The maximum absolute atomic E-state index is 11.8. The molecule has 0 bridgehead atoms. The third kappa shape index (κ3) is 3.42. The second-order valence-electron chi connectivity index (χ2n) is 4.13. The summed E-state index contributed by atoms with van der Waals surface area (Å²) in [5.41, 5.74) is 0.661. The van der Waals surface area contributed by atoms with Crippen LogP contribution in [0.5, 0.6) is 11.5 Å². The number of carbonyl (C=O) groups excluding carboxylic acids is 1. The quantitative estimate of drug-likeness (QED) is 0.580. The zero-order valence-electron chi connectivity index (χ0n) is 10.8. The number of carbonyl (C=O) groups is 1. The van der Waals surface area contributed by atoms with Gasteiger partial charge in [0.2, 0.25) is 0 Å². The van der Waals surface area contributed by atoms with Gasteiger partial charge in [0.25, 0.3) is 0 Å². The lowest BCUT2D eigenvalue weighted by molar-refractivity contribution is 0.0595. The predicted octanol–water partition coefficient (Wildman–Crippen LogP) is 4.14. The molecule has 1 rings (SSSR count). The van der Waals surface area contributed by atoms with Crippen molar-refractivity contribution in [2.75, 3.05) is 7.11 Å². The fourth-order valence-electron chi connectivity index (χ4n) is 1.82. The predicted molar refractivity (Wildman–Crippen MR) is 79.7 cm³/mol. The largest absolute Gasteiger partial charge is 0.506 e. The van der Waals surface area contributed by atoms with Gasteiger partial charge in [-0.1, -0.05) is 19.8 Å². The summed E-state index contributed by atoms with van der Waals surface area (Å²) < 4.78 is 5.18. The summed E-state index contributed by atoms with van der Waals surface area (Å²) in [7, 11) is 1.26. The van der Waals surface area contributed by atoms with Crippen molar-refractivity contribution >= 4 is 37.8 Å². The lowest BCUT2D eigenvalue weighted by Crippen LogP contribution is -2.08. The van der Waals surface area contributed by atoms with E-state index in [2.05, 4.69) is 38.8 Å². The van der Waals surface area contributed by atoms with Crippen molar-refractivity contribution in [3.63, 3.8) is 0 Å². The first-order valence-electron chi connectivity index (χ1n) is 5.95. The van der Waals surface area contributed by atoms with Crippen LogP contribution in [0.15, 0.2) is 8.95 Å². The first-order valence-corrected chi connectivity index (χ1v) is 7.54. The van der Waals surface area contributed by atoms with Crippen molar-refractivity contribution in [1.29, 1.82) is 0 Å². The number of halogens is 2. The number of ether oxygens (including phenoxy) is 1. The lowest BCUT2D eigenvalue weighted by Gasteiger charge is -2.15. The highest BCUT2D eigenvalue weighted by Crippen LogP contribution is 2.45. The first kappa shape index (κ1) is 16.3. The Morgan fingerprint density at radius 1 is 1.16 bits per heavy atom. The van der Waals surface area contributed by atoms with Gasteiger partial charge in [0.05, 0.1) is 11.6 Å². The standard InChI is InChI=1S/C13H16Br2O4/c1-3-4-5-6-7-8(13(18)19-2)11(16)10(15)12(17)9(7)14/h16-17H,3-6H2,1-2H3. The number of rotatable bonds is 5. The van der Waals surface area contributed by atoms with Crippen LogP contribution in [0.4, 0.5) is 0 Å². The number of phenolic OH excluding ortho intramolecular Hbond substituents is 2. The molecule has 0 saturated carbocycles. The number of benzene rings is 1. The second kappa shape index (κ2) is 7.14. The topological polar surface area (TPSA) is 66.8 Å².